The molecule has 0 N–H and O–H groups in total. The molecule has 3 atom stereocenters. The third-order valence-corrected chi connectivity index (χ3v) is 3.60. The Balaban J connectivity index is 2.00. The summed E-state index contributed by atoms with van der Waals surface area (Å²) in [6, 6.07) is 2.01. The number of carbonyl (C=O) groups is 1. The summed E-state index contributed by atoms with van der Waals surface area (Å²) in [7, 11) is 1.41. The predicted molar refractivity (Wildman–Crippen MR) is 67.5 cm³/mol. The predicted octanol–water partition coefficient (Wildman–Crippen LogP) is 1.51. The fourth-order valence-electron chi connectivity index (χ4n) is 2.65. The number of carbonyl (C=O) groups excluding carboxylic acids is 1. The van der Waals surface area contributed by atoms with E-state index in [4.69, 9.17) is 10.00 Å². The van der Waals surface area contributed by atoms with Crippen molar-refractivity contribution in [2.24, 2.45) is 11.8 Å². The van der Waals surface area contributed by atoms with Crippen LogP contribution in [0.4, 0.5) is 0 Å². The van der Waals surface area contributed by atoms with E-state index in [2.05, 4.69) is 23.1 Å². The van der Waals surface area contributed by atoms with E-state index in [1.807, 2.05) is 12.2 Å². The van der Waals surface area contributed by atoms with Gasteiger partial charge in [0.2, 0.25) is 0 Å². The Bertz CT molecular complexity index is 409. The van der Waals surface area contributed by atoms with Crippen LogP contribution >= 0.6 is 0 Å². The molecule has 0 spiro atoms. The van der Waals surface area contributed by atoms with Gasteiger partial charge in [0.05, 0.1) is 19.1 Å². The number of esters is 1. The lowest BCUT2D eigenvalue weighted by molar-refractivity contribution is -0.146. The third-order valence-electron chi connectivity index (χ3n) is 3.60. The maximum Gasteiger partial charge on any atom is 0.323 e. The number of likely N-dealkylation sites (tertiary alicyclic amines) is 1. The molecule has 1 unspecified atom stereocenters. The fraction of sp³-hybridized carbons (Fsp3) is 0.571. The number of hydrogen-bond acceptors (Lipinski definition) is 4. The average molecular weight is 246 g/mol. The van der Waals surface area contributed by atoms with E-state index in [1.165, 1.54) is 7.11 Å². The Morgan fingerprint density at radius 1 is 1.56 bits per heavy atom. The Labute approximate surface area is 108 Å². The summed E-state index contributed by atoms with van der Waals surface area (Å²) in [5, 5.41) is 9.01. The van der Waals surface area contributed by atoms with Crippen molar-refractivity contribution in [1.29, 1.82) is 5.26 Å². The summed E-state index contributed by atoms with van der Waals surface area (Å²) in [6.45, 7) is 1.49. The van der Waals surface area contributed by atoms with Crippen molar-refractivity contribution in [2.45, 2.75) is 18.9 Å². The molecule has 18 heavy (non-hydrogen) atoms. The van der Waals surface area contributed by atoms with Gasteiger partial charge in [-0.25, -0.2) is 0 Å². The highest BCUT2D eigenvalue weighted by molar-refractivity contribution is 5.76. The van der Waals surface area contributed by atoms with E-state index in [0.29, 0.717) is 18.9 Å². The number of nitriles is 1. The monoisotopic (exact) mass is 246 g/mol. The molecule has 1 aliphatic carbocycles. The summed E-state index contributed by atoms with van der Waals surface area (Å²) in [5.74, 6) is 0.153. The zero-order valence-corrected chi connectivity index (χ0v) is 10.6. The maximum absolute atomic E-state index is 11.7. The maximum atomic E-state index is 11.7. The van der Waals surface area contributed by atoms with Crippen molar-refractivity contribution >= 4 is 5.97 Å². The lowest BCUT2D eigenvalue weighted by Gasteiger charge is -2.26. The number of hydrogen-bond donors (Lipinski definition) is 0. The molecule has 0 bridgehead atoms. The van der Waals surface area contributed by atoms with Crippen molar-refractivity contribution < 1.29 is 9.53 Å². The molecule has 0 radical (unpaired) electrons. The summed E-state index contributed by atoms with van der Waals surface area (Å²) in [4.78, 5) is 13.8. The van der Waals surface area contributed by atoms with Crippen LogP contribution in [0.25, 0.3) is 0 Å². The van der Waals surface area contributed by atoms with Crippen LogP contribution in [0, 0.1) is 23.2 Å². The topological polar surface area (TPSA) is 53.3 Å². The first-order valence-corrected chi connectivity index (χ1v) is 6.29. The first kappa shape index (κ1) is 12.8. The van der Waals surface area contributed by atoms with Crippen molar-refractivity contribution in [2.75, 3.05) is 20.2 Å². The minimum Gasteiger partial charge on any atom is -0.468 e. The van der Waals surface area contributed by atoms with E-state index in [1.54, 1.807) is 0 Å². The molecule has 0 aromatic carbocycles. The molecule has 2 rings (SSSR count). The summed E-state index contributed by atoms with van der Waals surface area (Å²) in [6.07, 6.45) is 9.97. The minimum atomic E-state index is -0.251. The molecular weight excluding hydrogens is 228 g/mol. The van der Waals surface area contributed by atoms with E-state index in [0.717, 1.165) is 13.0 Å². The Morgan fingerprint density at radius 2 is 2.39 bits per heavy atom. The lowest BCUT2D eigenvalue weighted by atomic mass is 10.00. The third kappa shape index (κ3) is 2.80. The smallest absolute Gasteiger partial charge is 0.323 e. The van der Waals surface area contributed by atoms with Crippen LogP contribution in [0.15, 0.2) is 24.3 Å². The van der Waals surface area contributed by atoms with E-state index in [-0.39, 0.29) is 17.9 Å². The molecule has 1 fully saturated rings. The average Bonchev–Trinajstić information content (AvgIpc) is 2.82. The van der Waals surface area contributed by atoms with Gasteiger partial charge in [0.25, 0.3) is 0 Å². The van der Waals surface area contributed by atoms with E-state index >= 15 is 0 Å². The number of nitrogens with zero attached hydrogens (tertiary/aromatic N) is 2. The Kier molecular flexibility index (Phi) is 4.16. The van der Waals surface area contributed by atoms with Crippen LogP contribution in [0.3, 0.4) is 0 Å². The van der Waals surface area contributed by atoms with Crippen molar-refractivity contribution in [3.8, 4) is 6.07 Å². The standard InChI is InChI=1S/C14H18N2O2/c1-18-14(17)13-7-12(8-15)10-16(13)9-11-5-3-2-4-6-11/h2-5,11-13H,6-7,9-10H2,1H3/t11?,12-,13-/m0/s1. The molecular formula is C14H18N2O2. The van der Waals surface area contributed by atoms with Gasteiger partial charge in [-0.2, -0.15) is 5.26 Å². The van der Waals surface area contributed by atoms with Gasteiger partial charge in [0.1, 0.15) is 6.04 Å². The molecule has 0 aromatic heterocycles. The molecule has 4 heteroatoms. The second-order valence-electron chi connectivity index (χ2n) is 4.86. The Morgan fingerprint density at radius 3 is 3.00 bits per heavy atom. The van der Waals surface area contributed by atoms with Gasteiger partial charge < -0.3 is 4.74 Å². The highest BCUT2D eigenvalue weighted by Crippen LogP contribution is 2.26. The highest BCUT2D eigenvalue weighted by atomic mass is 16.5. The quantitative estimate of drug-likeness (QED) is 0.708. The van der Waals surface area contributed by atoms with Gasteiger partial charge in [-0.15, -0.1) is 0 Å². The van der Waals surface area contributed by atoms with Crippen molar-refractivity contribution in [3.05, 3.63) is 24.3 Å². The zero-order valence-electron chi connectivity index (χ0n) is 10.6. The molecule has 1 aliphatic heterocycles. The second-order valence-corrected chi connectivity index (χ2v) is 4.86. The second kappa shape index (κ2) is 5.83. The molecule has 96 valence electrons. The SMILES string of the molecule is COC(=O)[C@@H]1C[C@@H](C#N)CN1CC1C=CC=CC1. The Hall–Kier alpha value is -1.60. The molecule has 1 heterocycles. The molecule has 2 aliphatic rings. The normalized spacial score (nSPS) is 31.2. The van der Waals surface area contributed by atoms with Crippen LogP contribution in [0.2, 0.25) is 0 Å². The number of allylic oxidation sites excluding steroid dienone is 3. The first-order chi connectivity index (χ1) is 8.74. The fourth-order valence-corrected chi connectivity index (χ4v) is 2.65. The molecule has 1 saturated heterocycles. The van der Waals surface area contributed by atoms with Crippen LogP contribution in [0.1, 0.15) is 12.8 Å². The molecule has 0 amide bonds. The van der Waals surface area contributed by atoms with Crippen LogP contribution in [-0.2, 0) is 9.53 Å². The van der Waals surface area contributed by atoms with Gasteiger partial charge >= 0.3 is 5.97 Å². The van der Waals surface area contributed by atoms with Crippen LogP contribution in [-0.4, -0.2) is 37.1 Å². The highest BCUT2D eigenvalue weighted by Gasteiger charge is 2.38. The zero-order chi connectivity index (χ0) is 13.0. The van der Waals surface area contributed by atoms with Crippen LogP contribution in [0.5, 0.6) is 0 Å². The summed E-state index contributed by atoms with van der Waals surface area (Å²) >= 11 is 0. The number of rotatable bonds is 3. The van der Waals surface area contributed by atoms with Gasteiger partial charge in [-0.1, -0.05) is 24.3 Å². The van der Waals surface area contributed by atoms with Crippen LogP contribution < -0.4 is 0 Å². The van der Waals surface area contributed by atoms with Crippen molar-refractivity contribution in [1.82, 2.24) is 4.90 Å². The molecule has 0 saturated carbocycles. The van der Waals surface area contributed by atoms with Crippen molar-refractivity contribution in [3.63, 3.8) is 0 Å². The van der Waals surface area contributed by atoms with Gasteiger partial charge in [0.15, 0.2) is 0 Å². The summed E-state index contributed by atoms with van der Waals surface area (Å²) < 4.78 is 4.82. The van der Waals surface area contributed by atoms with Gasteiger partial charge in [-0.05, 0) is 18.8 Å². The summed E-state index contributed by atoms with van der Waals surface area (Å²) in [5.41, 5.74) is 0. The molecule has 0 aromatic rings. The van der Waals surface area contributed by atoms with E-state index in [9.17, 15) is 4.79 Å². The largest absolute Gasteiger partial charge is 0.468 e. The van der Waals surface area contributed by atoms with E-state index < -0.39 is 0 Å². The van der Waals surface area contributed by atoms with Gasteiger partial charge in [0, 0.05) is 13.1 Å². The van der Waals surface area contributed by atoms with Gasteiger partial charge in [-0.3, -0.25) is 9.69 Å². The lowest BCUT2D eigenvalue weighted by Crippen LogP contribution is -2.39. The number of ether oxygens (including phenoxy) is 1. The molecule has 4 nitrogen and oxygen atoms in total. The first-order valence-electron chi connectivity index (χ1n) is 6.29. The number of methoxy groups -OCH3 is 1. The minimum absolute atomic E-state index is 0.0581.